The summed E-state index contributed by atoms with van der Waals surface area (Å²) < 4.78 is 1.99. The van der Waals surface area contributed by atoms with E-state index in [1.807, 2.05) is 29.0 Å². The molecule has 0 spiro atoms. The summed E-state index contributed by atoms with van der Waals surface area (Å²) in [6.45, 7) is 3.79. The van der Waals surface area contributed by atoms with Crippen molar-refractivity contribution in [3.05, 3.63) is 67.0 Å². The molecule has 0 atom stereocenters. The lowest BCUT2D eigenvalue weighted by molar-refractivity contribution is 0.378. The van der Waals surface area contributed by atoms with Gasteiger partial charge in [0.1, 0.15) is 0 Å². The zero-order valence-corrected chi connectivity index (χ0v) is 15.0. The summed E-state index contributed by atoms with van der Waals surface area (Å²) in [6.07, 6.45) is 9.02. The van der Waals surface area contributed by atoms with Crippen LogP contribution in [0.1, 0.15) is 5.56 Å². The maximum absolute atomic E-state index is 6.26. The topological polar surface area (TPSA) is 88.5 Å². The second-order valence-corrected chi connectivity index (χ2v) is 6.30. The van der Waals surface area contributed by atoms with E-state index in [4.69, 9.17) is 5.73 Å². The Labute approximate surface area is 158 Å². The number of piperazine rings is 1. The van der Waals surface area contributed by atoms with Crippen molar-refractivity contribution in [2.24, 2.45) is 10.7 Å². The SMILES string of the molecule is NC(=NCc1ccccc1-n1ccnc1)N1CCN(c2ncccn2)CC1. The molecule has 0 saturated carbocycles. The Morgan fingerprint density at radius 1 is 1.00 bits per heavy atom. The molecular weight excluding hydrogens is 340 g/mol. The van der Waals surface area contributed by atoms with Crippen molar-refractivity contribution in [2.75, 3.05) is 31.1 Å². The van der Waals surface area contributed by atoms with Gasteiger partial charge in [0.25, 0.3) is 0 Å². The van der Waals surface area contributed by atoms with Crippen LogP contribution in [0, 0.1) is 0 Å². The van der Waals surface area contributed by atoms with Crippen LogP contribution in [0.15, 0.2) is 66.4 Å². The first kappa shape index (κ1) is 17.0. The van der Waals surface area contributed by atoms with Crippen LogP contribution >= 0.6 is 0 Å². The largest absolute Gasteiger partial charge is 0.370 e. The van der Waals surface area contributed by atoms with E-state index in [-0.39, 0.29) is 0 Å². The molecule has 4 rings (SSSR count). The Kier molecular flexibility index (Phi) is 4.95. The molecule has 3 heterocycles. The molecule has 2 aromatic heterocycles. The predicted octanol–water partition coefficient (Wildman–Crippen LogP) is 1.30. The van der Waals surface area contributed by atoms with Crippen LogP contribution in [0.4, 0.5) is 5.95 Å². The summed E-state index contributed by atoms with van der Waals surface area (Å²) in [6, 6.07) is 9.97. The van der Waals surface area contributed by atoms with Gasteiger partial charge in [-0.25, -0.2) is 19.9 Å². The predicted molar refractivity (Wildman–Crippen MR) is 105 cm³/mol. The van der Waals surface area contributed by atoms with E-state index >= 15 is 0 Å². The minimum absolute atomic E-state index is 0.530. The first-order valence-corrected chi connectivity index (χ1v) is 8.94. The number of nitrogens with two attached hydrogens (primary N) is 1. The molecule has 138 valence electrons. The van der Waals surface area contributed by atoms with Gasteiger partial charge in [-0.15, -0.1) is 0 Å². The maximum Gasteiger partial charge on any atom is 0.225 e. The summed E-state index contributed by atoms with van der Waals surface area (Å²) >= 11 is 0. The summed E-state index contributed by atoms with van der Waals surface area (Å²) in [5.74, 6) is 1.34. The van der Waals surface area contributed by atoms with Gasteiger partial charge >= 0.3 is 0 Å². The van der Waals surface area contributed by atoms with Gasteiger partial charge in [-0.2, -0.15) is 0 Å². The summed E-state index contributed by atoms with van der Waals surface area (Å²) in [5, 5.41) is 0. The Morgan fingerprint density at radius 3 is 2.52 bits per heavy atom. The number of nitrogens with zero attached hydrogens (tertiary/aromatic N) is 7. The minimum atomic E-state index is 0.530. The molecule has 27 heavy (non-hydrogen) atoms. The van der Waals surface area contributed by atoms with Gasteiger partial charge in [-0.1, -0.05) is 18.2 Å². The number of aromatic nitrogens is 4. The molecule has 1 saturated heterocycles. The number of benzene rings is 1. The van der Waals surface area contributed by atoms with Crippen LogP contribution in [-0.4, -0.2) is 56.6 Å². The molecule has 0 amide bonds. The van der Waals surface area contributed by atoms with Gasteiger partial charge in [-0.05, 0) is 17.7 Å². The lowest BCUT2D eigenvalue weighted by atomic mass is 10.2. The highest BCUT2D eigenvalue weighted by Gasteiger charge is 2.19. The van der Waals surface area contributed by atoms with Gasteiger partial charge in [0, 0.05) is 51.0 Å². The highest BCUT2D eigenvalue weighted by atomic mass is 15.3. The number of para-hydroxylation sites is 1. The highest BCUT2D eigenvalue weighted by molar-refractivity contribution is 5.78. The van der Waals surface area contributed by atoms with E-state index in [0.29, 0.717) is 12.5 Å². The smallest absolute Gasteiger partial charge is 0.225 e. The summed E-state index contributed by atoms with van der Waals surface area (Å²) in [7, 11) is 0. The highest BCUT2D eigenvalue weighted by Crippen LogP contribution is 2.15. The standard InChI is InChI=1S/C19H22N8/c20-18(25-10-12-26(13-11-25)19-22-6-3-7-23-19)24-14-16-4-1-2-5-17(16)27-9-8-21-15-27/h1-9,15H,10-14H2,(H2,20,24). The monoisotopic (exact) mass is 362 g/mol. The molecule has 8 heteroatoms. The third-order valence-corrected chi connectivity index (χ3v) is 4.62. The number of hydrogen-bond acceptors (Lipinski definition) is 5. The normalized spacial score (nSPS) is 15.2. The van der Waals surface area contributed by atoms with Crippen molar-refractivity contribution in [1.29, 1.82) is 0 Å². The third-order valence-electron chi connectivity index (χ3n) is 4.62. The molecule has 0 bridgehead atoms. The van der Waals surface area contributed by atoms with Crippen LogP contribution in [0.25, 0.3) is 5.69 Å². The Balaban J connectivity index is 1.40. The number of rotatable bonds is 4. The van der Waals surface area contributed by atoms with Gasteiger partial charge in [-0.3, -0.25) is 0 Å². The molecule has 0 unspecified atom stereocenters. The van der Waals surface area contributed by atoms with E-state index in [1.165, 1.54) is 0 Å². The molecule has 0 radical (unpaired) electrons. The number of imidazole rings is 1. The van der Waals surface area contributed by atoms with Crippen molar-refractivity contribution in [3.63, 3.8) is 0 Å². The molecule has 1 aliphatic rings. The molecule has 1 fully saturated rings. The Bertz CT molecular complexity index is 883. The zero-order chi connectivity index (χ0) is 18.5. The van der Waals surface area contributed by atoms with Crippen molar-refractivity contribution < 1.29 is 0 Å². The van der Waals surface area contributed by atoms with Gasteiger partial charge in [0.05, 0.1) is 18.6 Å². The van der Waals surface area contributed by atoms with Crippen molar-refractivity contribution >= 4 is 11.9 Å². The third kappa shape index (κ3) is 3.89. The molecule has 2 N–H and O–H groups in total. The average Bonchev–Trinajstić information content (AvgIpc) is 3.28. The number of aliphatic imine (C=N–C) groups is 1. The number of guanidine groups is 1. The first-order chi connectivity index (χ1) is 13.3. The van der Waals surface area contributed by atoms with E-state index in [0.717, 1.165) is 43.4 Å². The number of hydrogen-bond donors (Lipinski definition) is 1. The quantitative estimate of drug-likeness (QED) is 0.556. The molecule has 8 nitrogen and oxygen atoms in total. The molecular formula is C19H22N8. The van der Waals surface area contributed by atoms with Crippen LogP contribution < -0.4 is 10.6 Å². The lowest BCUT2D eigenvalue weighted by Crippen LogP contribution is -2.51. The Hall–Kier alpha value is -3.42. The summed E-state index contributed by atoms with van der Waals surface area (Å²) in [5.41, 5.74) is 8.43. The van der Waals surface area contributed by atoms with Gasteiger partial charge < -0.3 is 20.1 Å². The van der Waals surface area contributed by atoms with Gasteiger partial charge in [0.15, 0.2) is 5.96 Å². The molecule has 1 aliphatic heterocycles. The lowest BCUT2D eigenvalue weighted by Gasteiger charge is -2.35. The number of anilines is 1. The van der Waals surface area contributed by atoms with E-state index in [2.05, 4.69) is 41.9 Å². The van der Waals surface area contributed by atoms with Crippen molar-refractivity contribution in [2.45, 2.75) is 6.54 Å². The summed E-state index contributed by atoms with van der Waals surface area (Å²) in [4.78, 5) is 21.6. The average molecular weight is 362 g/mol. The fourth-order valence-electron chi connectivity index (χ4n) is 3.15. The maximum atomic E-state index is 6.26. The molecule has 1 aromatic carbocycles. The van der Waals surface area contributed by atoms with Crippen LogP contribution in [0.3, 0.4) is 0 Å². The molecule has 0 aliphatic carbocycles. The Morgan fingerprint density at radius 2 is 1.78 bits per heavy atom. The van der Waals surface area contributed by atoms with Gasteiger partial charge in [0.2, 0.25) is 5.95 Å². The van der Waals surface area contributed by atoms with Crippen LogP contribution in [0.2, 0.25) is 0 Å². The van der Waals surface area contributed by atoms with Crippen LogP contribution in [-0.2, 0) is 6.54 Å². The fraction of sp³-hybridized carbons (Fsp3) is 0.263. The second kappa shape index (κ2) is 7.86. The van der Waals surface area contributed by atoms with E-state index in [9.17, 15) is 0 Å². The second-order valence-electron chi connectivity index (χ2n) is 6.30. The van der Waals surface area contributed by atoms with Crippen LogP contribution in [0.5, 0.6) is 0 Å². The first-order valence-electron chi connectivity index (χ1n) is 8.94. The van der Waals surface area contributed by atoms with E-state index in [1.54, 1.807) is 24.9 Å². The van der Waals surface area contributed by atoms with E-state index < -0.39 is 0 Å². The fourth-order valence-corrected chi connectivity index (χ4v) is 3.15. The zero-order valence-electron chi connectivity index (χ0n) is 15.0. The minimum Gasteiger partial charge on any atom is -0.370 e. The molecule has 3 aromatic rings. The van der Waals surface area contributed by atoms with Crippen molar-refractivity contribution in [1.82, 2.24) is 24.4 Å². The van der Waals surface area contributed by atoms with Crippen molar-refractivity contribution in [3.8, 4) is 5.69 Å².